The zero-order valence-corrected chi connectivity index (χ0v) is 11.3. The summed E-state index contributed by atoms with van der Waals surface area (Å²) in [4.78, 5) is 11.9. The van der Waals surface area contributed by atoms with E-state index in [9.17, 15) is 9.18 Å². The van der Waals surface area contributed by atoms with Gasteiger partial charge in [0.25, 0.3) is 5.91 Å². The molecule has 0 aliphatic carbocycles. The van der Waals surface area contributed by atoms with Crippen molar-refractivity contribution in [1.82, 2.24) is 5.32 Å². The highest BCUT2D eigenvalue weighted by atomic mass is 19.1. The van der Waals surface area contributed by atoms with Crippen LogP contribution in [-0.2, 0) is 0 Å². The molecule has 0 aromatic heterocycles. The lowest BCUT2D eigenvalue weighted by Gasteiger charge is -2.12. The lowest BCUT2D eigenvalue weighted by molar-refractivity contribution is 0.0938. The number of amides is 1. The van der Waals surface area contributed by atoms with Crippen LogP contribution in [0.4, 0.5) is 4.39 Å². The van der Waals surface area contributed by atoms with Gasteiger partial charge < -0.3 is 11.1 Å². The largest absolute Gasteiger partial charge is 0.350 e. The summed E-state index contributed by atoms with van der Waals surface area (Å²) < 4.78 is 13.7. The molecule has 1 aromatic rings. The maximum absolute atomic E-state index is 13.7. The Bertz CT molecular complexity index is 503. The van der Waals surface area contributed by atoms with Crippen LogP contribution in [0.1, 0.15) is 42.6 Å². The Morgan fingerprint density at radius 1 is 1.53 bits per heavy atom. The molecular weight excluding hydrogens is 243 g/mol. The molecule has 1 aromatic carbocycles. The molecule has 0 fully saturated rings. The molecule has 0 aliphatic rings. The molecule has 3 N–H and O–H groups in total. The van der Waals surface area contributed by atoms with Gasteiger partial charge in [0.2, 0.25) is 0 Å². The lowest BCUT2D eigenvalue weighted by Crippen LogP contribution is -2.32. The van der Waals surface area contributed by atoms with Gasteiger partial charge in [0.05, 0.1) is 12.1 Å². The van der Waals surface area contributed by atoms with Gasteiger partial charge in [-0.25, -0.2) is 4.39 Å². The Morgan fingerprint density at radius 3 is 2.84 bits per heavy atom. The maximum atomic E-state index is 13.7. The van der Waals surface area contributed by atoms with E-state index < -0.39 is 5.82 Å². The number of halogens is 1. The minimum atomic E-state index is -0.503. The SMILES string of the molecule is CCCC(C)NC(=O)c1ccc(C#CCN)c(F)c1. The van der Waals surface area contributed by atoms with Gasteiger partial charge in [-0.2, -0.15) is 0 Å². The fraction of sp³-hybridized carbons (Fsp3) is 0.400. The van der Waals surface area contributed by atoms with Crippen LogP contribution in [0.2, 0.25) is 0 Å². The van der Waals surface area contributed by atoms with Crippen LogP contribution >= 0.6 is 0 Å². The molecule has 4 heteroatoms. The molecule has 1 amide bonds. The average molecular weight is 262 g/mol. The lowest BCUT2D eigenvalue weighted by atomic mass is 10.1. The predicted molar refractivity (Wildman–Crippen MR) is 74.2 cm³/mol. The maximum Gasteiger partial charge on any atom is 0.251 e. The molecule has 0 heterocycles. The molecule has 1 atom stereocenters. The third-order valence-electron chi connectivity index (χ3n) is 2.66. The van der Waals surface area contributed by atoms with Gasteiger partial charge in [-0.05, 0) is 31.5 Å². The second kappa shape index (κ2) is 7.55. The Hall–Kier alpha value is -1.86. The van der Waals surface area contributed by atoms with E-state index in [2.05, 4.69) is 17.2 Å². The summed E-state index contributed by atoms with van der Waals surface area (Å²) in [5, 5.41) is 2.83. The molecule has 3 nitrogen and oxygen atoms in total. The highest BCUT2D eigenvalue weighted by Gasteiger charge is 2.11. The molecule has 0 bridgehead atoms. The van der Waals surface area contributed by atoms with Crippen LogP contribution in [0.3, 0.4) is 0 Å². The van der Waals surface area contributed by atoms with Crippen molar-refractivity contribution in [2.24, 2.45) is 5.73 Å². The van der Waals surface area contributed by atoms with Crippen LogP contribution in [-0.4, -0.2) is 18.5 Å². The molecule has 102 valence electrons. The van der Waals surface area contributed by atoms with Crippen molar-refractivity contribution in [3.8, 4) is 11.8 Å². The summed E-state index contributed by atoms with van der Waals surface area (Å²) in [6.45, 7) is 4.16. The van der Waals surface area contributed by atoms with Crippen molar-refractivity contribution in [3.63, 3.8) is 0 Å². The van der Waals surface area contributed by atoms with Gasteiger partial charge in [0.15, 0.2) is 0 Å². The molecule has 19 heavy (non-hydrogen) atoms. The summed E-state index contributed by atoms with van der Waals surface area (Å²) in [6, 6.07) is 4.35. The number of nitrogens with two attached hydrogens (primary N) is 1. The summed E-state index contributed by atoms with van der Waals surface area (Å²) >= 11 is 0. The quantitative estimate of drug-likeness (QED) is 0.816. The minimum Gasteiger partial charge on any atom is -0.350 e. The first-order valence-electron chi connectivity index (χ1n) is 6.37. The number of nitrogens with one attached hydrogen (secondary N) is 1. The van der Waals surface area contributed by atoms with Gasteiger partial charge in [0.1, 0.15) is 5.82 Å². The Labute approximate surface area is 113 Å². The summed E-state index contributed by atoms with van der Waals surface area (Å²) in [7, 11) is 0. The summed E-state index contributed by atoms with van der Waals surface area (Å²) in [5.41, 5.74) is 5.79. The van der Waals surface area contributed by atoms with Crippen molar-refractivity contribution in [1.29, 1.82) is 0 Å². The van der Waals surface area contributed by atoms with Crippen LogP contribution in [0, 0.1) is 17.7 Å². The highest BCUT2D eigenvalue weighted by Crippen LogP contribution is 2.10. The second-order valence-corrected chi connectivity index (χ2v) is 4.36. The van der Waals surface area contributed by atoms with E-state index in [0.717, 1.165) is 12.8 Å². The van der Waals surface area contributed by atoms with Crippen molar-refractivity contribution >= 4 is 5.91 Å². The number of rotatable bonds is 4. The molecular formula is C15H19FN2O. The number of hydrogen-bond donors (Lipinski definition) is 2. The van der Waals surface area contributed by atoms with Gasteiger partial charge >= 0.3 is 0 Å². The van der Waals surface area contributed by atoms with Crippen LogP contribution in [0.25, 0.3) is 0 Å². The first kappa shape index (κ1) is 15.2. The number of hydrogen-bond acceptors (Lipinski definition) is 2. The monoisotopic (exact) mass is 262 g/mol. The van der Waals surface area contributed by atoms with Crippen LogP contribution in [0.15, 0.2) is 18.2 Å². The normalized spacial score (nSPS) is 11.4. The fourth-order valence-electron chi connectivity index (χ4n) is 1.72. The second-order valence-electron chi connectivity index (χ2n) is 4.36. The summed E-state index contributed by atoms with van der Waals surface area (Å²) in [5.74, 6) is 4.43. The van der Waals surface area contributed by atoms with Crippen LogP contribution in [0.5, 0.6) is 0 Å². The van der Waals surface area contributed by atoms with Gasteiger partial charge in [0, 0.05) is 11.6 Å². The van der Waals surface area contributed by atoms with Crippen molar-refractivity contribution < 1.29 is 9.18 Å². The Morgan fingerprint density at radius 2 is 2.26 bits per heavy atom. The third-order valence-corrected chi connectivity index (χ3v) is 2.66. The van der Waals surface area contributed by atoms with E-state index in [4.69, 9.17) is 5.73 Å². The third kappa shape index (κ3) is 4.72. The molecule has 0 spiro atoms. The zero-order valence-electron chi connectivity index (χ0n) is 11.3. The van der Waals surface area contributed by atoms with Crippen molar-refractivity contribution in [3.05, 3.63) is 35.1 Å². The van der Waals surface area contributed by atoms with E-state index in [-0.39, 0.29) is 24.1 Å². The molecule has 1 rings (SSSR count). The van der Waals surface area contributed by atoms with Crippen molar-refractivity contribution in [2.45, 2.75) is 32.7 Å². The van der Waals surface area contributed by atoms with Crippen molar-refractivity contribution in [2.75, 3.05) is 6.54 Å². The number of carbonyl (C=O) groups excluding carboxylic acids is 1. The Balaban J connectivity index is 2.80. The standard InChI is InChI=1S/C15H19FN2O/c1-3-5-11(2)18-15(19)13-8-7-12(6-4-9-17)14(16)10-13/h7-8,10-11H,3,5,9,17H2,1-2H3,(H,18,19). The molecule has 0 saturated heterocycles. The average Bonchev–Trinajstić information content (AvgIpc) is 2.37. The number of carbonyl (C=O) groups is 1. The van der Waals surface area contributed by atoms with E-state index in [1.165, 1.54) is 12.1 Å². The number of benzene rings is 1. The predicted octanol–water partition coefficient (Wildman–Crippen LogP) is 2.05. The minimum absolute atomic E-state index is 0.0808. The fourth-order valence-corrected chi connectivity index (χ4v) is 1.72. The first-order chi connectivity index (χ1) is 9.08. The van der Waals surface area contributed by atoms with E-state index in [0.29, 0.717) is 5.56 Å². The van der Waals surface area contributed by atoms with E-state index >= 15 is 0 Å². The van der Waals surface area contributed by atoms with Gasteiger partial charge in [-0.3, -0.25) is 4.79 Å². The molecule has 0 aliphatic heterocycles. The molecule has 0 radical (unpaired) electrons. The summed E-state index contributed by atoms with van der Waals surface area (Å²) in [6.07, 6.45) is 1.89. The molecule has 1 unspecified atom stereocenters. The highest BCUT2D eigenvalue weighted by molar-refractivity contribution is 5.94. The van der Waals surface area contributed by atoms with E-state index in [1.54, 1.807) is 6.07 Å². The van der Waals surface area contributed by atoms with E-state index in [1.807, 2.05) is 13.8 Å². The Kier molecular flexibility index (Phi) is 6.04. The smallest absolute Gasteiger partial charge is 0.251 e. The van der Waals surface area contributed by atoms with Crippen LogP contribution < -0.4 is 11.1 Å². The van der Waals surface area contributed by atoms with Gasteiger partial charge in [-0.1, -0.05) is 25.2 Å². The topological polar surface area (TPSA) is 55.1 Å². The van der Waals surface area contributed by atoms with Gasteiger partial charge in [-0.15, -0.1) is 0 Å². The molecule has 0 saturated carbocycles. The first-order valence-corrected chi connectivity index (χ1v) is 6.37. The zero-order chi connectivity index (χ0) is 14.3.